The SMILES string of the molecule is CC(C)[C@H](NC(=O)C1CCCC1NC(=O)OCC1c2ccccc2-c2ccccc21)C(=O)O. The summed E-state index contributed by atoms with van der Waals surface area (Å²) in [5, 5.41) is 14.8. The van der Waals surface area contributed by atoms with Crippen molar-refractivity contribution in [3.8, 4) is 11.1 Å². The highest BCUT2D eigenvalue weighted by Crippen LogP contribution is 2.44. The third-order valence-electron chi connectivity index (χ3n) is 6.73. The Labute approximate surface area is 193 Å². The fraction of sp³-hybridized carbons (Fsp3) is 0.423. The Morgan fingerprint density at radius 2 is 1.61 bits per heavy atom. The van der Waals surface area contributed by atoms with Crippen molar-refractivity contribution in [1.29, 1.82) is 0 Å². The van der Waals surface area contributed by atoms with Crippen molar-refractivity contribution in [2.24, 2.45) is 11.8 Å². The second-order valence-corrected chi connectivity index (χ2v) is 9.18. The normalized spacial score (nSPS) is 20.1. The van der Waals surface area contributed by atoms with E-state index < -0.39 is 24.0 Å². The van der Waals surface area contributed by atoms with Crippen LogP contribution in [-0.4, -0.2) is 41.8 Å². The van der Waals surface area contributed by atoms with Gasteiger partial charge in [-0.15, -0.1) is 0 Å². The Bertz CT molecular complexity index is 1000. The molecule has 0 spiro atoms. The summed E-state index contributed by atoms with van der Waals surface area (Å²) in [5.41, 5.74) is 4.59. The number of alkyl carbamates (subject to hydrolysis) is 1. The molecule has 7 heteroatoms. The maximum atomic E-state index is 12.7. The maximum absolute atomic E-state index is 12.7. The lowest BCUT2D eigenvalue weighted by Crippen LogP contribution is -2.50. The smallest absolute Gasteiger partial charge is 0.407 e. The average molecular weight is 451 g/mol. The molecule has 2 aromatic carbocycles. The van der Waals surface area contributed by atoms with Gasteiger partial charge in [0.15, 0.2) is 0 Å². The van der Waals surface area contributed by atoms with Crippen molar-refractivity contribution in [3.63, 3.8) is 0 Å². The van der Waals surface area contributed by atoms with E-state index in [2.05, 4.69) is 34.9 Å². The van der Waals surface area contributed by atoms with E-state index in [1.54, 1.807) is 13.8 Å². The zero-order valence-electron chi connectivity index (χ0n) is 18.9. The molecule has 174 valence electrons. The number of carboxylic acids is 1. The van der Waals surface area contributed by atoms with Crippen LogP contribution >= 0.6 is 0 Å². The van der Waals surface area contributed by atoms with Crippen molar-refractivity contribution < 1.29 is 24.2 Å². The molecule has 2 unspecified atom stereocenters. The molecule has 0 saturated heterocycles. The van der Waals surface area contributed by atoms with Gasteiger partial charge in [-0.2, -0.15) is 0 Å². The van der Waals surface area contributed by atoms with Crippen LogP contribution in [0.4, 0.5) is 4.79 Å². The van der Waals surface area contributed by atoms with Crippen LogP contribution in [-0.2, 0) is 14.3 Å². The largest absolute Gasteiger partial charge is 0.480 e. The number of rotatable bonds is 7. The number of aliphatic carboxylic acids is 1. The second kappa shape index (κ2) is 9.65. The Morgan fingerprint density at radius 3 is 2.18 bits per heavy atom. The van der Waals surface area contributed by atoms with Crippen LogP contribution < -0.4 is 10.6 Å². The van der Waals surface area contributed by atoms with Crippen LogP contribution in [0, 0.1) is 11.8 Å². The molecular formula is C26H30N2O5. The highest BCUT2D eigenvalue weighted by atomic mass is 16.5. The standard InChI is InChI=1S/C26H30N2O5/c1-15(2)23(25(30)31)28-24(29)20-12-7-13-22(20)27-26(32)33-14-21-18-10-5-3-8-16(18)17-9-4-6-11-19(17)21/h3-6,8-11,15,20-23H,7,12-14H2,1-2H3,(H,27,32)(H,28,29)(H,30,31)/t20?,22?,23-/m0/s1. The Morgan fingerprint density at radius 1 is 1.00 bits per heavy atom. The maximum Gasteiger partial charge on any atom is 0.407 e. The Kier molecular flexibility index (Phi) is 6.67. The van der Waals surface area contributed by atoms with E-state index in [1.807, 2.05) is 24.3 Å². The number of carbonyl (C=O) groups is 3. The number of carboxylic acid groups (broad SMARTS) is 1. The molecule has 2 aromatic rings. The van der Waals surface area contributed by atoms with Crippen molar-refractivity contribution >= 4 is 18.0 Å². The van der Waals surface area contributed by atoms with Crippen LogP contribution in [0.1, 0.15) is 50.2 Å². The Hall–Kier alpha value is -3.35. The average Bonchev–Trinajstić information content (AvgIpc) is 3.38. The third kappa shape index (κ3) is 4.72. The zero-order valence-corrected chi connectivity index (χ0v) is 18.9. The minimum Gasteiger partial charge on any atom is -0.480 e. The lowest BCUT2D eigenvalue weighted by Gasteiger charge is -2.24. The summed E-state index contributed by atoms with van der Waals surface area (Å²) in [5.74, 6) is -2.13. The number of nitrogens with one attached hydrogen (secondary N) is 2. The predicted octanol–water partition coefficient (Wildman–Crippen LogP) is 3.92. The highest BCUT2D eigenvalue weighted by molar-refractivity contribution is 5.86. The van der Waals surface area contributed by atoms with Gasteiger partial charge in [-0.25, -0.2) is 9.59 Å². The number of hydrogen-bond acceptors (Lipinski definition) is 4. The molecule has 3 atom stereocenters. The third-order valence-corrected chi connectivity index (χ3v) is 6.73. The van der Waals surface area contributed by atoms with E-state index in [0.29, 0.717) is 12.8 Å². The van der Waals surface area contributed by atoms with Crippen LogP contribution in [0.25, 0.3) is 11.1 Å². The molecule has 1 saturated carbocycles. The summed E-state index contributed by atoms with van der Waals surface area (Å²) in [4.78, 5) is 36.8. The first-order chi connectivity index (χ1) is 15.9. The van der Waals surface area contributed by atoms with Gasteiger partial charge in [0.2, 0.25) is 5.91 Å². The van der Waals surface area contributed by atoms with Crippen molar-refractivity contribution in [2.45, 2.75) is 51.1 Å². The molecule has 0 bridgehead atoms. The lowest BCUT2D eigenvalue weighted by atomic mass is 9.98. The fourth-order valence-corrected chi connectivity index (χ4v) is 5.01. The van der Waals surface area contributed by atoms with Crippen LogP contribution in [0.3, 0.4) is 0 Å². The molecule has 0 aliphatic heterocycles. The van der Waals surface area contributed by atoms with Gasteiger partial charge < -0.3 is 20.5 Å². The predicted molar refractivity (Wildman–Crippen MR) is 124 cm³/mol. The molecule has 0 aromatic heterocycles. The van der Waals surface area contributed by atoms with E-state index in [0.717, 1.165) is 28.7 Å². The van der Waals surface area contributed by atoms with Crippen molar-refractivity contribution in [2.75, 3.05) is 6.61 Å². The number of hydrogen-bond donors (Lipinski definition) is 3. The first kappa shape index (κ1) is 22.8. The molecule has 3 N–H and O–H groups in total. The van der Waals surface area contributed by atoms with Gasteiger partial charge in [0, 0.05) is 12.0 Å². The zero-order chi connectivity index (χ0) is 23.5. The monoisotopic (exact) mass is 450 g/mol. The van der Waals surface area contributed by atoms with Crippen LogP contribution in [0.2, 0.25) is 0 Å². The number of benzene rings is 2. The molecule has 0 radical (unpaired) electrons. The lowest BCUT2D eigenvalue weighted by molar-refractivity contribution is -0.143. The van der Waals surface area contributed by atoms with Gasteiger partial charge >= 0.3 is 12.1 Å². The topological polar surface area (TPSA) is 105 Å². The molecule has 33 heavy (non-hydrogen) atoms. The molecule has 4 rings (SSSR count). The van der Waals surface area contributed by atoms with E-state index in [-0.39, 0.29) is 30.4 Å². The quantitative estimate of drug-likeness (QED) is 0.593. The first-order valence-corrected chi connectivity index (χ1v) is 11.5. The van der Waals surface area contributed by atoms with Gasteiger partial charge in [-0.3, -0.25) is 4.79 Å². The van der Waals surface area contributed by atoms with Gasteiger partial charge in [-0.05, 0) is 41.0 Å². The minimum absolute atomic E-state index is 0.0341. The van der Waals surface area contributed by atoms with E-state index in [4.69, 9.17) is 4.74 Å². The summed E-state index contributed by atoms with van der Waals surface area (Å²) in [7, 11) is 0. The Balaban J connectivity index is 1.37. The molecule has 7 nitrogen and oxygen atoms in total. The van der Waals surface area contributed by atoms with Gasteiger partial charge in [-0.1, -0.05) is 68.8 Å². The van der Waals surface area contributed by atoms with E-state index in [9.17, 15) is 19.5 Å². The van der Waals surface area contributed by atoms with Crippen LogP contribution in [0.15, 0.2) is 48.5 Å². The molecule has 2 aliphatic carbocycles. The summed E-state index contributed by atoms with van der Waals surface area (Å²) in [6.45, 7) is 3.71. The number of fused-ring (bicyclic) bond motifs is 3. The number of amides is 2. The molecule has 2 aliphatic rings. The summed E-state index contributed by atoms with van der Waals surface area (Å²) in [6.07, 6.45) is 1.48. The molecule has 0 heterocycles. The first-order valence-electron chi connectivity index (χ1n) is 11.5. The summed E-state index contributed by atoms with van der Waals surface area (Å²) < 4.78 is 5.61. The minimum atomic E-state index is -1.06. The fourth-order valence-electron chi connectivity index (χ4n) is 5.01. The number of carbonyl (C=O) groups excluding carboxylic acids is 2. The van der Waals surface area contributed by atoms with Crippen molar-refractivity contribution in [1.82, 2.24) is 10.6 Å². The van der Waals surface area contributed by atoms with Crippen LogP contribution in [0.5, 0.6) is 0 Å². The van der Waals surface area contributed by atoms with E-state index >= 15 is 0 Å². The van der Waals surface area contributed by atoms with Gasteiger partial charge in [0.25, 0.3) is 0 Å². The molecule has 2 amide bonds. The highest BCUT2D eigenvalue weighted by Gasteiger charge is 2.37. The van der Waals surface area contributed by atoms with E-state index in [1.165, 1.54) is 0 Å². The molecule has 1 fully saturated rings. The van der Waals surface area contributed by atoms with Crippen molar-refractivity contribution in [3.05, 3.63) is 59.7 Å². The number of ether oxygens (including phenoxy) is 1. The summed E-state index contributed by atoms with van der Waals surface area (Å²) >= 11 is 0. The second-order valence-electron chi connectivity index (χ2n) is 9.18. The molecular weight excluding hydrogens is 420 g/mol. The summed E-state index contributed by atoms with van der Waals surface area (Å²) in [6, 6.07) is 14.9. The van der Waals surface area contributed by atoms with Gasteiger partial charge in [0.1, 0.15) is 12.6 Å². The van der Waals surface area contributed by atoms with Gasteiger partial charge in [0.05, 0.1) is 5.92 Å².